The highest BCUT2D eigenvalue weighted by molar-refractivity contribution is 6.32. The van der Waals surface area contributed by atoms with E-state index >= 15 is 0 Å². The number of nitrogens with one attached hydrogen (secondary N) is 1. The zero-order valence-electron chi connectivity index (χ0n) is 25.6. The van der Waals surface area contributed by atoms with E-state index in [-0.39, 0.29) is 24.2 Å². The van der Waals surface area contributed by atoms with Gasteiger partial charge in [0.1, 0.15) is 5.75 Å². The first-order valence-electron chi connectivity index (χ1n) is 15.3. The predicted octanol–water partition coefficient (Wildman–Crippen LogP) is 1.12. The largest absolute Gasteiger partial charge is 0.507 e. The van der Waals surface area contributed by atoms with Gasteiger partial charge in [-0.15, -0.1) is 0 Å². The van der Waals surface area contributed by atoms with Crippen LogP contribution in [0.1, 0.15) is 53.6 Å². The minimum Gasteiger partial charge on any atom is -0.507 e. The summed E-state index contributed by atoms with van der Waals surface area (Å²) >= 11 is 0. The maximum absolute atomic E-state index is 14.3. The lowest BCUT2D eigenvalue weighted by Gasteiger charge is -2.52. The van der Waals surface area contributed by atoms with Crippen molar-refractivity contribution >= 4 is 45.5 Å². The molecule has 11 nitrogen and oxygen atoms in total. The highest BCUT2D eigenvalue weighted by Gasteiger charge is 2.69. The van der Waals surface area contributed by atoms with Gasteiger partial charge in [-0.25, -0.2) is 0 Å². The van der Waals surface area contributed by atoms with Gasteiger partial charge in [-0.1, -0.05) is 25.0 Å². The number of Topliss-reactive ketones (excluding diaryl/α,β-unsaturated/α-hetero) is 4. The third-order valence-electron chi connectivity index (χ3n) is 10.5. The number of primary amides is 1. The number of benzene rings is 2. The van der Waals surface area contributed by atoms with Gasteiger partial charge in [0.05, 0.1) is 17.5 Å². The molecule has 234 valence electrons. The average Bonchev–Trinajstić information content (AvgIpc) is 3.47. The van der Waals surface area contributed by atoms with E-state index < -0.39 is 64.4 Å². The number of hydrogen-bond donors (Lipinski definition) is 4. The van der Waals surface area contributed by atoms with Crippen molar-refractivity contribution < 1.29 is 34.2 Å². The predicted molar refractivity (Wildman–Crippen MR) is 162 cm³/mol. The number of likely N-dealkylation sites (N-methyl/N-ethyl adjacent to an activating group) is 1. The molecule has 0 radical (unpaired) electrons. The summed E-state index contributed by atoms with van der Waals surface area (Å²) < 4.78 is 0. The van der Waals surface area contributed by atoms with Crippen LogP contribution in [0.15, 0.2) is 18.2 Å². The number of ketones is 4. The van der Waals surface area contributed by atoms with Crippen LogP contribution >= 0.6 is 0 Å². The lowest BCUT2D eigenvalue weighted by molar-refractivity contribution is -0.181. The molecule has 0 bridgehead atoms. The summed E-state index contributed by atoms with van der Waals surface area (Å²) in [5, 5.41) is 28.3. The van der Waals surface area contributed by atoms with Gasteiger partial charge in [0.25, 0.3) is 0 Å². The van der Waals surface area contributed by atoms with E-state index in [1.54, 1.807) is 14.1 Å². The van der Waals surface area contributed by atoms with Crippen LogP contribution in [0.2, 0.25) is 0 Å². The topological polar surface area (TPSA) is 170 Å². The summed E-state index contributed by atoms with van der Waals surface area (Å²) in [6.45, 7) is 0.606. The van der Waals surface area contributed by atoms with E-state index in [0.717, 1.165) is 29.5 Å². The fraction of sp³-hybridized carbons (Fsp3) is 0.545. The van der Waals surface area contributed by atoms with Crippen molar-refractivity contribution in [3.05, 3.63) is 34.9 Å². The van der Waals surface area contributed by atoms with Gasteiger partial charge in [0.15, 0.2) is 34.7 Å². The third-order valence-corrected chi connectivity index (χ3v) is 10.5. The molecule has 2 aromatic carbocycles. The van der Waals surface area contributed by atoms with Crippen LogP contribution in [0, 0.1) is 23.7 Å². The van der Waals surface area contributed by atoms with E-state index in [4.69, 9.17) is 5.73 Å². The number of anilines is 1. The molecular formula is C33H40N4O7. The smallest absolute Gasteiger partial charge is 0.235 e. The van der Waals surface area contributed by atoms with Gasteiger partial charge in [-0.05, 0) is 62.9 Å². The number of nitrogens with two attached hydrogens (primary N) is 1. The number of carbonyl (C=O) groups is 5. The van der Waals surface area contributed by atoms with Crippen LogP contribution in [0.25, 0.3) is 10.8 Å². The zero-order valence-corrected chi connectivity index (χ0v) is 25.6. The molecule has 44 heavy (non-hydrogen) atoms. The summed E-state index contributed by atoms with van der Waals surface area (Å²) in [5.74, 6) is -10.4. The minimum absolute atomic E-state index is 0.00805. The lowest BCUT2D eigenvalue weighted by Crippen LogP contribution is -2.74. The molecule has 5 N–H and O–H groups in total. The van der Waals surface area contributed by atoms with Crippen LogP contribution in [0.4, 0.5) is 5.69 Å². The number of aliphatic hydroxyl groups is 1. The Morgan fingerprint density at radius 2 is 1.73 bits per heavy atom. The van der Waals surface area contributed by atoms with Crippen molar-refractivity contribution in [2.24, 2.45) is 29.4 Å². The lowest BCUT2D eigenvalue weighted by atomic mass is 9.52. The number of rotatable bonds is 6. The van der Waals surface area contributed by atoms with Gasteiger partial charge in [0, 0.05) is 49.1 Å². The van der Waals surface area contributed by atoms with Crippen molar-refractivity contribution in [2.45, 2.75) is 62.8 Å². The Bertz CT molecular complexity index is 1610. The second kappa shape index (κ2) is 10.7. The van der Waals surface area contributed by atoms with Gasteiger partial charge >= 0.3 is 0 Å². The van der Waals surface area contributed by atoms with Gasteiger partial charge in [-0.2, -0.15) is 0 Å². The number of carbonyl (C=O) groups excluding carboxylic acids is 5. The highest BCUT2D eigenvalue weighted by Crippen LogP contribution is 2.53. The number of fused-ring (bicyclic) bond motifs is 4. The Morgan fingerprint density at radius 1 is 1.05 bits per heavy atom. The molecule has 2 unspecified atom stereocenters. The number of nitrogens with zero attached hydrogens (tertiary/aromatic N) is 2. The molecule has 3 fully saturated rings. The Balaban J connectivity index is 1.46. The first-order chi connectivity index (χ1) is 20.8. The van der Waals surface area contributed by atoms with Gasteiger partial charge < -0.3 is 26.2 Å². The monoisotopic (exact) mass is 604 g/mol. The first-order valence-corrected chi connectivity index (χ1v) is 15.3. The molecule has 3 saturated carbocycles. The van der Waals surface area contributed by atoms with Crippen LogP contribution in [-0.4, -0.2) is 90.0 Å². The summed E-state index contributed by atoms with van der Waals surface area (Å²) in [5.41, 5.74) is 4.96. The van der Waals surface area contributed by atoms with Crippen molar-refractivity contribution in [1.82, 2.24) is 10.2 Å². The number of hydrogen-bond acceptors (Lipinski definition) is 10. The van der Waals surface area contributed by atoms with Crippen molar-refractivity contribution in [3.63, 3.8) is 0 Å². The second-order valence-corrected chi connectivity index (χ2v) is 13.5. The van der Waals surface area contributed by atoms with E-state index in [9.17, 15) is 34.2 Å². The minimum atomic E-state index is -2.74. The number of phenols is 1. The Kier molecular flexibility index (Phi) is 7.41. The molecule has 0 saturated heterocycles. The standard InChI is InChI=1S/C33H40N4O7/c1-36(2)25-18-10-9-15(14-35-17-7-5-6-8-17)11-19(18)27(38)23-20(25)12-16-13-21-26(37(3)4)29(40)24(32(34)43)31(42)33(21,44)30(41)22(16)28(23)39/h9-11,16-17,21-22,24,26,35,38,44H,5-8,12-14H2,1-4H3,(H2,34,43)/t16-,21-,22?,24?,26-,33-/m0/s1. The molecule has 0 aromatic heterocycles. The number of aromatic hydroxyl groups is 1. The Morgan fingerprint density at radius 3 is 2.34 bits per heavy atom. The molecule has 0 aliphatic heterocycles. The maximum atomic E-state index is 14.3. The van der Waals surface area contributed by atoms with Crippen LogP contribution in [0.3, 0.4) is 0 Å². The summed E-state index contributed by atoms with van der Waals surface area (Å²) in [6, 6.07) is 5.14. The molecule has 11 heteroatoms. The molecule has 6 rings (SSSR count). The molecule has 0 spiro atoms. The molecule has 2 aromatic rings. The quantitative estimate of drug-likeness (QED) is 0.351. The first kappa shape index (κ1) is 30.4. The molecular weight excluding hydrogens is 564 g/mol. The zero-order chi connectivity index (χ0) is 31.8. The van der Waals surface area contributed by atoms with Gasteiger partial charge in [-0.3, -0.25) is 28.9 Å². The van der Waals surface area contributed by atoms with Crippen molar-refractivity contribution in [2.75, 3.05) is 33.1 Å². The summed E-state index contributed by atoms with van der Waals surface area (Å²) in [7, 11) is 6.85. The van der Waals surface area contributed by atoms with Crippen LogP contribution < -0.4 is 16.0 Å². The number of phenolic OH excluding ortho intramolecular Hbond substituents is 1. The van der Waals surface area contributed by atoms with E-state index in [1.807, 2.05) is 37.2 Å². The molecule has 4 aliphatic rings. The second-order valence-electron chi connectivity index (χ2n) is 13.5. The normalized spacial score (nSPS) is 30.5. The SMILES string of the molecule is CN(C)c1c2c(c(O)c3cc(CNC4CCCC4)ccc13)C(=O)C1C(=O)[C@]3(O)C(=O)C(C(N)=O)C(=O)[C@@H](N(C)C)[C@@H]3C[C@@H]1C2. The van der Waals surface area contributed by atoms with Gasteiger partial charge in [0.2, 0.25) is 5.91 Å². The summed E-state index contributed by atoms with van der Waals surface area (Å²) in [6.07, 6.45) is 4.89. The third kappa shape index (κ3) is 4.31. The fourth-order valence-corrected chi connectivity index (χ4v) is 8.51. The van der Waals surface area contributed by atoms with E-state index in [1.165, 1.54) is 17.7 Å². The van der Waals surface area contributed by atoms with Crippen LogP contribution in [-0.2, 0) is 32.1 Å². The van der Waals surface area contributed by atoms with Crippen molar-refractivity contribution in [1.29, 1.82) is 0 Å². The molecule has 1 amide bonds. The Hall–Kier alpha value is -3.67. The van der Waals surface area contributed by atoms with Crippen LogP contribution in [0.5, 0.6) is 5.75 Å². The summed E-state index contributed by atoms with van der Waals surface area (Å²) in [4.78, 5) is 70.9. The number of amides is 1. The van der Waals surface area contributed by atoms with E-state index in [2.05, 4.69) is 5.32 Å². The average molecular weight is 605 g/mol. The molecule has 4 aliphatic carbocycles. The highest BCUT2D eigenvalue weighted by atomic mass is 16.3. The van der Waals surface area contributed by atoms with E-state index in [0.29, 0.717) is 23.5 Å². The molecule has 0 heterocycles. The fourth-order valence-electron chi connectivity index (χ4n) is 8.51. The van der Waals surface area contributed by atoms with Crippen molar-refractivity contribution in [3.8, 4) is 5.75 Å². The Labute approximate surface area is 255 Å². The molecule has 6 atom stereocenters. The maximum Gasteiger partial charge on any atom is 0.235 e.